The number of aryl methyl sites for hydroxylation is 1. The fourth-order valence-corrected chi connectivity index (χ4v) is 3.27. The number of likely N-dealkylation sites (tertiary alicyclic amines) is 1. The molecule has 0 bridgehead atoms. The Bertz CT molecular complexity index is 796. The second-order valence-corrected chi connectivity index (χ2v) is 7.09. The Balaban J connectivity index is 1.51. The van der Waals surface area contributed by atoms with Crippen LogP contribution in [0.5, 0.6) is 0 Å². The molecular weight excluding hydrogens is 369 g/mol. The number of nitrogens with zero attached hydrogens (tertiary/aromatic N) is 2. The smallest absolute Gasteiger partial charge is 0.230 e. The summed E-state index contributed by atoms with van der Waals surface area (Å²) < 4.78 is 12.9. The standard InChI is InChI=1S/C20H21ClFN3O2/c21-16-6-9-18(23-12-16)24-20(27)15-2-1-11-25(13-15)19(26)10-5-14-3-7-17(22)8-4-14/h3-4,6-9,12,15H,1-2,5,10-11,13H2,(H,23,24,27). The van der Waals surface area contributed by atoms with Gasteiger partial charge in [0.1, 0.15) is 11.6 Å². The molecule has 7 heteroatoms. The van der Waals surface area contributed by atoms with E-state index in [2.05, 4.69) is 10.3 Å². The Morgan fingerprint density at radius 2 is 2.00 bits per heavy atom. The molecule has 1 aromatic carbocycles. The summed E-state index contributed by atoms with van der Waals surface area (Å²) >= 11 is 5.79. The molecule has 1 fully saturated rings. The SMILES string of the molecule is O=C(Nc1ccc(Cl)cn1)C1CCCN(C(=O)CCc2ccc(F)cc2)C1. The Hall–Kier alpha value is -2.47. The maximum absolute atomic E-state index is 12.9. The highest BCUT2D eigenvalue weighted by molar-refractivity contribution is 6.30. The van der Waals surface area contributed by atoms with E-state index in [9.17, 15) is 14.0 Å². The molecule has 1 N–H and O–H groups in total. The molecule has 0 spiro atoms. The topological polar surface area (TPSA) is 62.3 Å². The van der Waals surface area contributed by atoms with Gasteiger partial charge in [0.25, 0.3) is 0 Å². The first kappa shape index (κ1) is 19.3. The number of carbonyl (C=O) groups excluding carboxylic acids is 2. The zero-order valence-electron chi connectivity index (χ0n) is 14.8. The average Bonchev–Trinajstić information content (AvgIpc) is 2.69. The molecule has 1 unspecified atom stereocenters. The average molecular weight is 390 g/mol. The minimum atomic E-state index is -0.287. The normalized spacial score (nSPS) is 16.8. The van der Waals surface area contributed by atoms with E-state index in [-0.39, 0.29) is 23.5 Å². The van der Waals surface area contributed by atoms with Gasteiger partial charge in [0.05, 0.1) is 10.9 Å². The van der Waals surface area contributed by atoms with Crippen molar-refractivity contribution in [3.05, 3.63) is 59.0 Å². The van der Waals surface area contributed by atoms with E-state index in [0.717, 1.165) is 18.4 Å². The number of rotatable bonds is 5. The summed E-state index contributed by atoms with van der Waals surface area (Å²) in [6.07, 6.45) is 3.90. The molecule has 0 aliphatic carbocycles. The molecule has 27 heavy (non-hydrogen) atoms. The fraction of sp³-hybridized carbons (Fsp3) is 0.350. The van der Waals surface area contributed by atoms with E-state index in [0.29, 0.717) is 36.8 Å². The Labute approximate surface area is 162 Å². The highest BCUT2D eigenvalue weighted by Crippen LogP contribution is 2.20. The lowest BCUT2D eigenvalue weighted by molar-refractivity contribution is -0.134. The van der Waals surface area contributed by atoms with Gasteiger partial charge in [-0.05, 0) is 49.1 Å². The van der Waals surface area contributed by atoms with Gasteiger partial charge in [-0.1, -0.05) is 23.7 Å². The molecule has 1 aromatic heterocycles. The second kappa shape index (κ2) is 8.95. The monoisotopic (exact) mass is 389 g/mol. The summed E-state index contributed by atoms with van der Waals surface area (Å²) in [6, 6.07) is 9.48. The number of pyridine rings is 1. The third-order valence-electron chi connectivity index (χ3n) is 4.66. The summed E-state index contributed by atoms with van der Waals surface area (Å²) in [5, 5.41) is 3.28. The van der Waals surface area contributed by atoms with E-state index in [1.54, 1.807) is 29.2 Å². The van der Waals surface area contributed by atoms with Crippen LogP contribution < -0.4 is 5.32 Å². The second-order valence-electron chi connectivity index (χ2n) is 6.66. The quantitative estimate of drug-likeness (QED) is 0.848. The van der Waals surface area contributed by atoms with Crippen LogP contribution in [0.25, 0.3) is 0 Å². The van der Waals surface area contributed by atoms with Crippen molar-refractivity contribution < 1.29 is 14.0 Å². The number of hydrogen-bond acceptors (Lipinski definition) is 3. The van der Waals surface area contributed by atoms with Gasteiger partial charge in [-0.2, -0.15) is 0 Å². The van der Waals surface area contributed by atoms with Crippen LogP contribution in [0.4, 0.5) is 10.2 Å². The fourth-order valence-electron chi connectivity index (χ4n) is 3.16. The first-order valence-corrected chi connectivity index (χ1v) is 9.34. The van der Waals surface area contributed by atoms with E-state index in [1.165, 1.54) is 18.3 Å². The van der Waals surface area contributed by atoms with E-state index in [4.69, 9.17) is 11.6 Å². The molecule has 1 saturated heterocycles. The van der Waals surface area contributed by atoms with Crippen molar-refractivity contribution in [1.82, 2.24) is 9.88 Å². The molecule has 1 aliphatic rings. The van der Waals surface area contributed by atoms with Crippen molar-refractivity contribution in [3.8, 4) is 0 Å². The van der Waals surface area contributed by atoms with Crippen molar-refractivity contribution >= 4 is 29.2 Å². The molecule has 1 atom stereocenters. The predicted molar refractivity (Wildman–Crippen MR) is 102 cm³/mol. The van der Waals surface area contributed by atoms with Gasteiger partial charge >= 0.3 is 0 Å². The van der Waals surface area contributed by atoms with E-state index >= 15 is 0 Å². The lowest BCUT2D eigenvalue weighted by atomic mass is 9.96. The molecule has 142 valence electrons. The zero-order valence-corrected chi connectivity index (χ0v) is 15.6. The highest BCUT2D eigenvalue weighted by Gasteiger charge is 2.28. The minimum Gasteiger partial charge on any atom is -0.342 e. The summed E-state index contributed by atoms with van der Waals surface area (Å²) in [5.74, 6) is -0.220. The van der Waals surface area contributed by atoms with Crippen LogP contribution in [0, 0.1) is 11.7 Å². The van der Waals surface area contributed by atoms with Gasteiger partial charge in [0, 0.05) is 25.7 Å². The van der Waals surface area contributed by atoms with Crippen molar-refractivity contribution in [2.75, 3.05) is 18.4 Å². The Morgan fingerprint density at radius 3 is 2.70 bits per heavy atom. The van der Waals surface area contributed by atoms with Crippen molar-refractivity contribution in [1.29, 1.82) is 0 Å². The molecular formula is C20H21ClFN3O2. The van der Waals surface area contributed by atoms with Crippen LogP contribution in [0.15, 0.2) is 42.6 Å². The molecule has 2 aromatic rings. The number of benzene rings is 1. The predicted octanol–water partition coefficient (Wildman–Crippen LogP) is 3.68. The van der Waals surface area contributed by atoms with Crippen molar-refractivity contribution in [2.24, 2.45) is 5.92 Å². The number of nitrogens with one attached hydrogen (secondary N) is 1. The summed E-state index contributed by atoms with van der Waals surface area (Å²) in [5.41, 5.74) is 0.921. The minimum absolute atomic E-state index is 0.0152. The van der Waals surface area contributed by atoms with E-state index in [1.807, 2.05) is 0 Å². The van der Waals surface area contributed by atoms with Gasteiger partial charge in [-0.15, -0.1) is 0 Å². The van der Waals surface area contributed by atoms with E-state index < -0.39 is 0 Å². The third-order valence-corrected chi connectivity index (χ3v) is 4.89. The Morgan fingerprint density at radius 1 is 1.22 bits per heavy atom. The van der Waals surface area contributed by atoms with Gasteiger partial charge in [-0.3, -0.25) is 9.59 Å². The van der Waals surface area contributed by atoms with Crippen molar-refractivity contribution in [2.45, 2.75) is 25.7 Å². The molecule has 3 rings (SSSR count). The van der Waals surface area contributed by atoms with Crippen LogP contribution in [0.3, 0.4) is 0 Å². The van der Waals surface area contributed by atoms with Crippen LogP contribution in [-0.4, -0.2) is 34.8 Å². The number of carbonyl (C=O) groups is 2. The molecule has 2 amide bonds. The van der Waals surface area contributed by atoms with Gasteiger partial charge in [-0.25, -0.2) is 9.37 Å². The van der Waals surface area contributed by atoms with Gasteiger partial charge in [0.15, 0.2) is 0 Å². The van der Waals surface area contributed by atoms with Crippen molar-refractivity contribution in [3.63, 3.8) is 0 Å². The summed E-state index contributed by atoms with van der Waals surface area (Å²) in [4.78, 5) is 30.8. The number of aromatic nitrogens is 1. The Kier molecular flexibility index (Phi) is 6.40. The number of amides is 2. The molecule has 5 nitrogen and oxygen atoms in total. The van der Waals surface area contributed by atoms with Gasteiger partial charge < -0.3 is 10.2 Å². The van der Waals surface area contributed by atoms with Gasteiger partial charge in [0.2, 0.25) is 11.8 Å². The summed E-state index contributed by atoms with van der Waals surface area (Å²) in [6.45, 7) is 1.06. The molecule has 2 heterocycles. The zero-order chi connectivity index (χ0) is 19.2. The summed E-state index contributed by atoms with van der Waals surface area (Å²) in [7, 11) is 0. The molecule has 0 saturated carbocycles. The van der Waals surface area contributed by atoms with Crippen LogP contribution in [0.1, 0.15) is 24.8 Å². The number of piperidine rings is 1. The number of hydrogen-bond donors (Lipinski definition) is 1. The van der Waals surface area contributed by atoms with Crippen LogP contribution >= 0.6 is 11.6 Å². The maximum atomic E-state index is 12.9. The first-order valence-electron chi connectivity index (χ1n) is 8.96. The van der Waals surface area contributed by atoms with Crippen LogP contribution in [0.2, 0.25) is 5.02 Å². The van der Waals surface area contributed by atoms with Crippen LogP contribution in [-0.2, 0) is 16.0 Å². The first-order chi connectivity index (χ1) is 13.0. The number of halogens is 2. The molecule has 0 radical (unpaired) electrons. The highest BCUT2D eigenvalue weighted by atomic mass is 35.5. The lowest BCUT2D eigenvalue weighted by Crippen LogP contribution is -2.43. The largest absolute Gasteiger partial charge is 0.342 e. The third kappa shape index (κ3) is 5.50. The number of anilines is 1. The molecule has 1 aliphatic heterocycles. The lowest BCUT2D eigenvalue weighted by Gasteiger charge is -2.32. The maximum Gasteiger partial charge on any atom is 0.230 e.